The van der Waals surface area contributed by atoms with E-state index in [0.29, 0.717) is 0 Å². The molecule has 1 rings (SSSR count). The van der Waals surface area contributed by atoms with Gasteiger partial charge in [0, 0.05) is 12.3 Å². The standard InChI is InChI=1S/C11H11ClFN3O3/c1-2-19-11(18)10(8(17)6-12)16-15-7-3-4-14-9(13)5-7/h3-5,17H,2,6H2,1H3. The van der Waals surface area contributed by atoms with Crippen molar-refractivity contribution in [2.75, 3.05) is 12.5 Å². The van der Waals surface area contributed by atoms with E-state index in [1.807, 2.05) is 0 Å². The second kappa shape index (κ2) is 7.42. The van der Waals surface area contributed by atoms with Gasteiger partial charge in [0.05, 0.1) is 18.2 Å². The van der Waals surface area contributed by atoms with Gasteiger partial charge in [-0.3, -0.25) is 0 Å². The van der Waals surface area contributed by atoms with Crippen molar-refractivity contribution >= 4 is 23.3 Å². The molecule has 0 atom stereocenters. The minimum absolute atomic E-state index is 0.108. The summed E-state index contributed by atoms with van der Waals surface area (Å²) in [5.74, 6) is -2.39. The van der Waals surface area contributed by atoms with Gasteiger partial charge in [0.2, 0.25) is 11.6 Å². The van der Waals surface area contributed by atoms with E-state index in [0.717, 1.165) is 6.07 Å². The summed E-state index contributed by atoms with van der Waals surface area (Å²) in [6.45, 7) is 1.71. The molecule has 0 fully saturated rings. The van der Waals surface area contributed by atoms with Crippen LogP contribution in [0, 0.1) is 5.95 Å². The molecule has 0 aliphatic heterocycles. The van der Waals surface area contributed by atoms with Crippen molar-refractivity contribution in [2.24, 2.45) is 10.2 Å². The summed E-state index contributed by atoms with van der Waals surface area (Å²) in [6, 6.07) is 2.40. The maximum absolute atomic E-state index is 12.8. The van der Waals surface area contributed by atoms with Crippen molar-refractivity contribution in [1.82, 2.24) is 4.98 Å². The number of rotatable bonds is 5. The molecule has 0 saturated carbocycles. The third-order valence-corrected chi connectivity index (χ3v) is 2.10. The molecule has 0 radical (unpaired) electrons. The molecule has 0 spiro atoms. The highest BCUT2D eigenvalue weighted by Gasteiger charge is 2.16. The molecular weight excluding hydrogens is 277 g/mol. The first kappa shape index (κ1) is 15.0. The van der Waals surface area contributed by atoms with Gasteiger partial charge >= 0.3 is 5.97 Å². The highest BCUT2D eigenvalue weighted by atomic mass is 35.5. The Morgan fingerprint density at radius 2 is 2.37 bits per heavy atom. The number of pyridine rings is 1. The Hall–Kier alpha value is -2.02. The maximum atomic E-state index is 12.8. The van der Waals surface area contributed by atoms with E-state index < -0.39 is 23.4 Å². The molecule has 6 nitrogen and oxygen atoms in total. The van der Waals surface area contributed by atoms with E-state index in [4.69, 9.17) is 11.6 Å². The molecule has 19 heavy (non-hydrogen) atoms. The summed E-state index contributed by atoms with van der Waals surface area (Å²) in [6.07, 6.45) is 1.19. The summed E-state index contributed by atoms with van der Waals surface area (Å²) in [5, 5.41) is 16.6. The van der Waals surface area contributed by atoms with Crippen molar-refractivity contribution < 1.29 is 19.0 Å². The lowest BCUT2D eigenvalue weighted by molar-refractivity contribution is -0.138. The molecule has 8 heteroatoms. The van der Waals surface area contributed by atoms with E-state index in [2.05, 4.69) is 19.9 Å². The molecule has 0 aromatic carbocycles. The Morgan fingerprint density at radius 3 is 2.95 bits per heavy atom. The Kier molecular flexibility index (Phi) is 5.87. The molecule has 0 saturated heterocycles. The number of esters is 1. The molecular formula is C11H11ClFN3O3. The van der Waals surface area contributed by atoms with Gasteiger partial charge in [-0.25, -0.2) is 9.78 Å². The monoisotopic (exact) mass is 287 g/mol. The number of aliphatic hydroxyl groups is 1. The van der Waals surface area contributed by atoms with Gasteiger partial charge in [-0.1, -0.05) is 0 Å². The lowest BCUT2D eigenvalue weighted by Gasteiger charge is -2.02. The summed E-state index contributed by atoms with van der Waals surface area (Å²) >= 11 is 5.41. The highest BCUT2D eigenvalue weighted by Crippen LogP contribution is 2.16. The average Bonchev–Trinajstić information content (AvgIpc) is 2.39. The van der Waals surface area contributed by atoms with Gasteiger partial charge in [-0.15, -0.1) is 21.8 Å². The molecule has 1 heterocycles. The fourth-order valence-corrected chi connectivity index (χ4v) is 1.17. The Balaban J connectivity index is 2.99. The van der Waals surface area contributed by atoms with Crippen molar-refractivity contribution in [3.63, 3.8) is 0 Å². The number of hydrogen-bond donors (Lipinski definition) is 1. The number of carbonyl (C=O) groups excluding carboxylic acids is 1. The summed E-state index contributed by atoms with van der Waals surface area (Å²) in [4.78, 5) is 14.8. The summed E-state index contributed by atoms with van der Waals surface area (Å²) < 4.78 is 17.5. The third kappa shape index (κ3) is 4.63. The van der Waals surface area contributed by atoms with Crippen molar-refractivity contribution in [3.05, 3.63) is 35.7 Å². The Bertz CT molecular complexity index is 520. The number of nitrogens with zero attached hydrogens (tertiary/aromatic N) is 3. The number of alkyl halides is 1. The summed E-state index contributed by atoms with van der Waals surface area (Å²) in [5.41, 5.74) is -0.286. The van der Waals surface area contributed by atoms with Crippen molar-refractivity contribution in [3.8, 4) is 0 Å². The Labute approximate surface area is 113 Å². The van der Waals surface area contributed by atoms with E-state index >= 15 is 0 Å². The van der Waals surface area contributed by atoms with Crippen LogP contribution >= 0.6 is 11.6 Å². The zero-order valence-corrected chi connectivity index (χ0v) is 10.8. The topological polar surface area (TPSA) is 84.1 Å². The fraction of sp³-hybridized carbons (Fsp3) is 0.273. The van der Waals surface area contributed by atoms with Crippen LogP contribution in [0.4, 0.5) is 10.1 Å². The zero-order chi connectivity index (χ0) is 14.3. The zero-order valence-electron chi connectivity index (χ0n) is 10.0. The molecule has 1 aromatic heterocycles. The molecule has 0 unspecified atom stereocenters. The van der Waals surface area contributed by atoms with Crippen molar-refractivity contribution in [1.29, 1.82) is 0 Å². The van der Waals surface area contributed by atoms with E-state index in [1.165, 1.54) is 12.3 Å². The van der Waals surface area contributed by atoms with Crippen LogP contribution in [0.25, 0.3) is 0 Å². The molecule has 0 amide bonds. The van der Waals surface area contributed by atoms with E-state index in [9.17, 15) is 14.3 Å². The summed E-state index contributed by atoms with van der Waals surface area (Å²) in [7, 11) is 0. The molecule has 102 valence electrons. The van der Waals surface area contributed by atoms with E-state index in [1.54, 1.807) is 6.92 Å². The number of allylic oxidation sites excluding steroid dienone is 1. The molecule has 1 N–H and O–H groups in total. The van der Waals surface area contributed by atoms with Gasteiger partial charge in [-0.05, 0) is 13.0 Å². The van der Waals surface area contributed by atoms with Gasteiger partial charge in [0.25, 0.3) is 0 Å². The number of aromatic nitrogens is 1. The number of hydrogen-bond acceptors (Lipinski definition) is 6. The SMILES string of the molecule is CCOC(=O)C(N=Nc1ccnc(F)c1)=C(O)CCl. The van der Waals surface area contributed by atoms with Gasteiger partial charge in [0.15, 0.2) is 0 Å². The quantitative estimate of drug-likeness (QED) is 0.225. The van der Waals surface area contributed by atoms with Crippen LogP contribution in [0.5, 0.6) is 0 Å². The van der Waals surface area contributed by atoms with Crippen LogP contribution in [0.1, 0.15) is 6.92 Å². The third-order valence-electron chi connectivity index (χ3n) is 1.84. The normalized spacial score (nSPS) is 12.4. The minimum atomic E-state index is -0.862. The van der Waals surface area contributed by atoms with Crippen LogP contribution in [0.15, 0.2) is 40.0 Å². The number of aliphatic hydroxyl groups excluding tert-OH is 1. The predicted octanol–water partition coefficient (Wildman–Crippen LogP) is 2.88. The first-order valence-electron chi connectivity index (χ1n) is 5.27. The van der Waals surface area contributed by atoms with E-state index in [-0.39, 0.29) is 18.2 Å². The Morgan fingerprint density at radius 1 is 1.63 bits per heavy atom. The molecule has 0 aliphatic rings. The maximum Gasteiger partial charge on any atom is 0.362 e. The second-order valence-corrected chi connectivity index (χ2v) is 3.45. The number of ether oxygens (including phenoxy) is 1. The average molecular weight is 288 g/mol. The van der Waals surface area contributed by atoms with Crippen LogP contribution in [0.2, 0.25) is 0 Å². The molecule has 0 bridgehead atoms. The number of carbonyl (C=O) groups is 1. The highest BCUT2D eigenvalue weighted by molar-refractivity contribution is 6.19. The van der Waals surface area contributed by atoms with Gasteiger partial charge < -0.3 is 9.84 Å². The van der Waals surface area contributed by atoms with Gasteiger partial charge in [0.1, 0.15) is 5.76 Å². The van der Waals surface area contributed by atoms with Crippen LogP contribution in [-0.2, 0) is 9.53 Å². The molecule has 0 aliphatic carbocycles. The first-order valence-corrected chi connectivity index (χ1v) is 5.80. The van der Waals surface area contributed by atoms with Crippen molar-refractivity contribution in [2.45, 2.75) is 6.92 Å². The van der Waals surface area contributed by atoms with Crippen LogP contribution in [-0.4, -0.2) is 28.5 Å². The smallest absolute Gasteiger partial charge is 0.362 e. The fourth-order valence-electron chi connectivity index (χ4n) is 1.04. The first-order chi connectivity index (χ1) is 9.08. The number of azo groups is 1. The van der Waals surface area contributed by atoms with Crippen LogP contribution in [0.3, 0.4) is 0 Å². The predicted molar refractivity (Wildman–Crippen MR) is 65.7 cm³/mol. The van der Waals surface area contributed by atoms with Crippen LogP contribution < -0.4 is 0 Å². The minimum Gasteiger partial charge on any atom is -0.508 e. The lowest BCUT2D eigenvalue weighted by atomic mass is 10.4. The molecule has 1 aromatic rings. The second-order valence-electron chi connectivity index (χ2n) is 3.19. The lowest BCUT2D eigenvalue weighted by Crippen LogP contribution is -2.09. The van der Waals surface area contributed by atoms with Gasteiger partial charge in [-0.2, -0.15) is 4.39 Å². The largest absolute Gasteiger partial charge is 0.508 e. The number of halogens is 2.